The summed E-state index contributed by atoms with van der Waals surface area (Å²) in [6.07, 6.45) is -4.56. The quantitative estimate of drug-likeness (QED) is 0.760. The SMILES string of the molecule is CN(C)CC(C)(O)C(F)(F)F.[Co]. The van der Waals surface area contributed by atoms with Gasteiger partial charge in [-0.3, -0.25) is 0 Å². The first-order valence-electron chi connectivity index (χ1n) is 3.10. The molecule has 0 fully saturated rings. The Morgan fingerprint density at radius 1 is 1.25 bits per heavy atom. The average Bonchev–Trinajstić information content (AvgIpc) is 1.56. The number of hydrogen-bond acceptors (Lipinski definition) is 2. The Hall–Kier alpha value is 0.216. The summed E-state index contributed by atoms with van der Waals surface area (Å²) in [5, 5.41) is 8.85. The maximum absolute atomic E-state index is 11.9. The summed E-state index contributed by atoms with van der Waals surface area (Å²) in [5.74, 6) is 0. The molecule has 2 nitrogen and oxygen atoms in total. The molecule has 12 heavy (non-hydrogen) atoms. The Labute approximate surface area is 79.9 Å². The molecule has 0 saturated carbocycles. The van der Waals surface area contributed by atoms with Gasteiger partial charge < -0.3 is 10.0 Å². The van der Waals surface area contributed by atoms with Gasteiger partial charge in [-0.1, -0.05) is 0 Å². The van der Waals surface area contributed by atoms with Crippen LogP contribution in [-0.2, 0) is 16.8 Å². The summed E-state index contributed by atoms with van der Waals surface area (Å²) in [4.78, 5) is 1.29. The van der Waals surface area contributed by atoms with Crippen LogP contribution in [0.1, 0.15) is 6.92 Å². The van der Waals surface area contributed by atoms with Gasteiger partial charge in [-0.05, 0) is 21.0 Å². The van der Waals surface area contributed by atoms with E-state index in [1.54, 1.807) is 0 Å². The largest absolute Gasteiger partial charge is 0.418 e. The predicted molar refractivity (Wildman–Crippen MR) is 35.2 cm³/mol. The molecule has 1 unspecified atom stereocenters. The van der Waals surface area contributed by atoms with Crippen LogP contribution in [-0.4, -0.2) is 42.4 Å². The molecule has 0 aliphatic heterocycles. The van der Waals surface area contributed by atoms with Crippen molar-refractivity contribution in [2.24, 2.45) is 0 Å². The molecular weight excluding hydrogens is 218 g/mol. The fourth-order valence-corrected chi connectivity index (χ4v) is 0.705. The first kappa shape index (κ1) is 14.7. The number of nitrogens with zero attached hydrogens (tertiary/aromatic N) is 1. The fourth-order valence-electron chi connectivity index (χ4n) is 0.705. The second-order valence-corrected chi connectivity index (χ2v) is 3.01. The van der Waals surface area contributed by atoms with Crippen molar-refractivity contribution in [3.63, 3.8) is 0 Å². The Kier molecular flexibility index (Phi) is 5.46. The molecule has 0 rings (SSSR count). The second-order valence-electron chi connectivity index (χ2n) is 3.01. The molecule has 0 saturated heterocycles. The van der Waals surface area contributed by atoms with E-state index in [9.17, 15) is 13.2 Å². The van der Waals surface area contributed by atoms with Gasteiger partial charge in [-0.15, -0.1) is 0 Å². The number of rotatable bonds is 2. The van der Waals surface area contributed by atoms with E-state index in [1.807, 2.05) is 0 Å². The van der Waals surface area contributed by atoms with Gasteiger partial charge in [-0.2, -0.15) is 13.2 Å². The van der Waals surface area contributed by atoms with Crippen molar-refractivity contribution in [2.75, 3.05) is 20.6 Å². The molecule has 6 heteroatoms. The third-order valence-electron chi connectivity index (χ3n) is 1.23. The van der Waals surface area contributed by atoms with Crippen molar-refractivity contribution in [1.29, 1.82) is 0 Å². The first-order valence-corrected chi connectivity index (χ1v) is 3.10. The van der Waals surface area contributed by atoms with Crippen molar-refractivity contribution in [3.8, 4) is 0 Å². The van der Waals surface area contributed by atoms with Gasteiger partial charge in [0.2, 0.25) is 0 Å². The van der Waals surface area contributed by atoms with E-state index in [0.717, 1.165) is 6.92 Å². The average molecular weight is 230 g/mol. The summed E-state index contributed by atoms with van der Waals surface area (Å²) in [5.41, 5.74) is -2.61. The Morgan fingerprint density at radius 3 is 1.67 bits per heavy atom. The summed E-state index contributed by atoms with van der Waals surface area (Å²) in [6, 6.07) is 0. The minimum absolute atomic E-state index is 0. The number of halogens is 3. The van der Waals surface area contributed by atoms with E-state index in [4.69, 9.17) is 5.11 Å². The maximum Gasteiger partial charge on any atom is 0.418 e. The molecule has 0 heterocycles. The third-order valence-corrected chi connectivity index (χ3v) is 1.23. The Bertz CT molecular complexity index is 135. The van der Waals surface area contributed by atoms with E-state index < -0.39 is 18.3 Å². The van der Waals surface area contributed by atoms with E-state index in [-0.39, 0.29) is 16.8 Å². The monoisotopic (exact) mass is 230 g/mol. The number of likely N-dealkylation sites (N-methyl/N-ethyl adjacent to an activating group) is 1. The summed E-state index contributed by atoms with van der Waals surface area (Å²) in [6.45, 7) is 0.337. The third kappa shape index (κ3) is 4.29. The van der Waals surface area contributed by atoms with Gasteiger partial charge in [0.25, 0.3) is 0 Å². The zero-order valence-electron chi connectivity index (χ0n) is 7.07. The van der Waals surface area contributed by atoms with Crippen LogP contribution in [0, 0.1) is 0 Å². The number of alkyl halides is 3. The molecule has 0 aromatic carbocycles. The van der Waals surface area contributed by atoms with Crippen LogP contribution in [0.4, 0.5) is 13.2 Å². The van der Waals surface area contributed by atoms with Gasteiger partial charge in [0.1, 0.15) is 0 Å². The summed E-state index contributed by atoms with van der Waals surface area (Å²) >= 11 is 0. The van der Waals surface area contributed by atoms with E-state index in [2.05, 4.69) is 0 Å². The van der Waals surface area contributed by atoms with Crippen molar-refractivity contribution in [3.05, 3.63) is 0 Å². The van der Waals surface area contributed by atoms with Crippen molar-refractivity contribution in [2.45, 2.75) is 18.7 Å². The molecule has 0 aliphatic carbocycles. The Balaban J connectivity index is 0. The molecule has 77 valence electrons. The van der Waals surface area contributed by atoms with Crippen LogP contribution >= 0.6 is 0 Å². The molecular formula is C6H12CoF3NO. The van der Waals surface area contributed by atoms with Gasteiger partial charge in [0.05, 0.1) is 0 Å². The zero-order valence-corrected chi connectivity index (χ0v) is 8.11. The van der Waals surface area contributed by atoms with Crippen LogP contribution in [0.15, 0.2) is 0 Å². The van der Waals surface area contributed by atoms with Gasteiger partial charge in [0.15, 0.2) is 5.60 Å². The maximum atomic E-state index is 11.9. The van der Waals surface area contributed by atoms with Crippen LogP contribution in [0.5, 0.6) is 0 Å². The molecule has 1 atom stereocenters. The van der Waals surface area contributed by atoms with Crippen molar-refractivity contribution in [1.82, 2.24) is 4.90 Å². The van der Waals surface area contributed by atoms with Crippen LogP contribution < -0.4 is 0 Å². The van der Waals surface area contributed by atoms with Crippen LogP contribution in [0.3, 0.4) is 0 Å². The summed E-state index contributed by atoms with van der Waals surface area (Å²) < 4.78 is 35.8. The van der Waals surface area contributed by atoms with Gasteiger partial charge in [0, 0.05) is 23.3 Å². The van der Waals surface area contributed by atoms with Crippen molar-refractivity contribution >= 4 is 0 Å². The normalized spacial score (nSPS) is 17.0. The van der Waals surface area contributed by atoms with Crippen LogP contribution in [0.2, 0.25) is 0 Å². The standard InChI is InChI=1S/C6H12F3NO.Co/c1-5(11,4-10(2)3)6(7,8)9;/h11H,4H2,1-3H3;. The molecule has 0 bridgehead atoms. The van der Waals surface area contributed by atoms with E-state index in [1.165, 1.54) is 19.0 Å². The predicted octanol–water partition coefficient (Wildman–Crippen LogP) is 0.859. The van der Waals surface area contributed by atoms with E-state index >= 15 is 0 Å². The Morgan fingerprint density at radius 2 is 1.58 bits per heavy atom. The summed E-state index contributed by atoms with van der Waals surface area (Å²) in [7, 11) is 2.94. The van der Waals surface area contributed by atoms with Gasteiger partial charge in [-0.25, -0.2) is 0 Å². The van der Waals surface area contributed by atoms with E-state index in [0.29, 0.717) is 0 Å². The number of hydrogen-bond donors (Lipinski definition) is 1. The molecule has 0 aromatic heterocycles. The minimum Gasteiger partial charge on any atom is -0.380 e. The molecule has 1 N–H and O–H groups in total. The fraction of sp³-hybridized carbons (Fsp3) is 1.00. The molecule has 0 spiro atoms. The van der Waals surface area contributed by atoms with Gasteiger partial charge >= 0.3 is 6.18 Å². The van der Waals surface area contributed by atoms with Crippen LogP contribution in [0.25, 0.3) is 0 Å². The molecule has 0 amide bonds. The smallest absolute Gasteiger partial charge is 0.380 e. The second kappa shape index (κ2) is 4.45. The number of aliphatic hydroxyl groups is 1. The molecule has 1 radical (unpaired) electrons. The molecule has 0 aromatic rings. The zero-order chi connectivity index (χ0) is 9.28. The molecule has 0 aliphatic rings. The van der Waals surface area contributed by atoms with Crippen molar-refractivity contribution < 1.29 is 35.1 Å². The minimum atomic E-state index is -4.56. The first-order chi connectivity index (χ1) is 4.67. The topological polar surface area (TPSA) is 23.5 Å².